The molecule has 0 amide bonds. The van der Waals surface area contributed by atoms with Crippen LogP contribution in [0.25, 0.3) is 0 Å². The van der Waals surface area contributed by atoms with Crippen LogP contribution in [-0.4, -0.2) is 19.0 Å². The average Bonchev–Trinajstić information content (AvgIpc) is 2.12. The summed E-state index contributed by atoms with van der Waals surface area (Å²) in [6.45, 7) is 7.33. The third-order valence-electron chi connectivity index (χ3n) is 2.26. The van der Waals surface area contributed by atoms with E-state index in [0.29, 0.717) is 12.5 Å². The number of hydrogen-bond acceptors (Lipinski definition) is 2. The van der Waals surface area contributed by atoms with Gasteiger partial charge in [0.1, 0.15) is 6.29 Å². The summed E-state index contributed by atoms with van der Waals surface area (Å²) < 4.78 is 5.57. The second kappa shape index (κ2) is 9.20. The number of rotatable bonds is 9. The highest BCUT2D eigenvalue weighted by Crippen LogP contribution is 2.10. The van der Waals surface area contributed by atoms with Crippen molar-refractivity contribution in [3.05, 3.63) is 0 Å². The Bertz CT molecular complexity index is 132. The molecule has 0 aliphatic carbocycles. The topological polar surface area (TPSA) is 26.3 Å². The number of carbonyl (C=O) groups excluding carboxylic acids is 1. The molecule has 0 N–H and O–H groups in total. The van der Waals surface area contributed by atoms with Crippen molar-refractivity contribution in [1.29, 1.82) is 0 Å². The maximum atomic E-state index is 10.0. The smallest absolute Gasteiger partial charge is 0.120 e. The summed E-state index contributed by atoms with van der Waals surface area (Å²) in [7, 11) is 0. The molecule has 0 saturated heterocycles. The van der Waals surface area contributed by atoms with Gasteiger partial charge in [0.25, 0.3) is 0 Å². The maximum Gasteiger partial charge on any atom is 0.120 e. The van der Waals surface area contributed by atoms with Gasteiger partial charge in [-0.3, -0.25) is 0 Å². The summed E-state index contributed by atoms with van der Waals surface area (Å²) in [5, 5.41) is 0. The lowest BCUT2D eigenvalue weighted by Crippen LogP contribution is -2.09. The van der Waals surface area contributed by atoms with E-state index in [-0.39, 0.29) is 0 Å². The van der Waals surface area contributed by atoms with Gasteiger partial charge < -0.3 is 9.53 Å². The van der Waals surface area contributed by atoms with E-state index in [9.17, 15) is 4.79 Å². The Morgan fingerprint density at radius 1 is 1.14 bits per heavy atom. The quantitative estimate of drug-likeness (QED) is 0.422. The molecule has 0 bridgehead atoms. The number of unbranched alkanes of at least 4 members (excludes halogenated alkanes) is 1. The summed E-state index contributed by atoms with van der Waals surface area (Å²) in [5.74, 6) is 0.789. The Labute approximate surface area is 88.0 Å². The highest BCUT2D eigenvalue weighted by Gasteiger charge is 2.02. The van der Waals surface area contributed by atoms with Gasteiger partial charge in [-0.25, -0.2) is 0 Å². The lowest BCUT2D eigenvalue weighted by atomic mass is 10.0. The molecule has 84 valence electrons. The highest BCUT2D eigenvalue weighted by molar-refractivity contribution is 5.48. The first-order chi connectivity index (χ1) is 6.66. The molecule has 0 radical (unpaired) electrons. The molecule has 14 heavy (non-hydrogen) atoms. The Morgan fingerprint density at radius 2 is 1.86 bits per heavy atom. The van der Waals surface area contributed by atoms with E-state index in [1.54, 1.807) is 0 Å². The van der Waals surface area contributed by atoms with E-state index in [2.05, 4.69) is 20.8 Å². The van der Waals surface area contributed by atoms with E-state index < -0.39 is 0 Å². The Morgan fingerprint density at radius 3 is 2.43 bits per heavy atom. The predicted molar refractivity (Wildman–Crippen MR) is 59.4 cm³/mol. The molecule has 2 nitrogen and oxygen atoms in total. The Kier molecular flexibility index (Phi) is 8.95. The molecule has 0 aromatic rings. The first-order valence-electron chi connectivity index (χ1n) is 5.72. The van der Waals surface area contributed by atoms with Crippen LogP contribution in [0.3, 0.4) is 0 Å². The standard InChI is InChI=1S/C12H24O2/c1-11(2)7-6-8-12(3)14-10-5-4-9-13/h9,11-12H,4-8,10H2,1-3H3. The highest BCUT2D eigenvalue weighted by atomic mass is 16.5. The summed E-state index contributed by atoms with van der Waals surface area (Å²) in [6.07, 6.45) is 6.44. The zero-order chi connectivity index (χ0) is 10.8. The molecule has 0 aliphatic rings. The fourth-order valence-electron chi connectivity index (χ4n) is 1.35. The van der Waals surface area contributed by atoms with Crippen molar-refractivity contribution in [2.24, 2.45) is 5.92 Å². The van der Waals surface area contributed by atoms with E-state index >= 15 is 0 Å². The number of hydrogen-bond donors (Lipinski definition) is 0. The summed E-state index contributed by atoms with van der Waals surface area (Å²) in [5.41, 5.74) is 0. The SMILES string of the molecule is CC(C)CCCC(C)OCCCC=O. The second-order valence-electron chi connectivity index (χ2n) is 4.32. The van der Waals surface area contributed by atoms with Gasteiger partial charge in [0, 0.05) is 13.0 Å². The van der Waals surface area contributed by atoms with Gasteiger partial charge in [-0.1, -0.05) is 26.7 Å². The monoisotopic (exact) mass is 200 g/mol. The summed E-state index contributed by atoms with van der Waals surface area (Å²) in [4.78, 5) is 10.0. The third kappa shape index (κ3) is 9.72. The van der Waals surface area contributed by atoms with Crippen molar-refractivity contribution in [1.82, 2.24) is 0 Å². The molecule has 0 aliphatic heterocycles. The minimum Gasteiger partial charge on any atom is -0.378 e. The Balaban J connectivity index is 3.19. The fraction of sp³-hybridized carbons (Fsp3) is 0.917. The van der Waals surface area contributed by atoms with Crippen molar-refractivity contribution in [2.45, 2.75) is 59.0 Å². The predicted octanol–water partition coefficient (Wildman–Crippen LogP) is 3.20. The molecule has 0 rings (SSSR count). The van der Waals surface area contributed by atoms with Crippen molar-refractivity contribution >= 4 is 6.29 Å². The van der Waals surface area contributed by atoms with Crippen LogP contribution in [0.15, 0.2) is 0 Å². The van der Waals surface area contributed by atoms with Crippen LogP contribution in [0.2, 0.25) is 0 Å². The van der Waals surface area contributed by atoms with Gasteiger partial charge in [-0.2, -0.15) is 0 Å². The van der Waals surface area contributed by atoms with Gasteiger partial charge >= 0.3 is 0 Å². The lowest BCUT2D eigenvalue weighted by Gasteiger charge is -2.13. The van der Waals surface area contributed by atoms with Gasteiger partial charge in [0.2, 0.25) is 0 Å². The zero-order valence-electron chi connectivity index (χ0n) is 9.79. The fourth-order valence-corrected chi connectivity index (χ4v) is 1.35. The summed E-state index contributed by atoms with van der Waals surface area (Å²) in [6, 6.07) is 0. The minimum absolute atomic E-state index is 0.348. The van der Waals surface area contributed by atoms with Crippen LogP contribution in [0.1, 0.15) is 52.9 Å². The third-order valence-corrected chi connectivity index (χ3v) is 2.26. The van der Waals surface area contributed by atoms with E-state index in [4.69, 9.17) is 4.74 Å². The first-order valence-corrected chi connectivity index (χ1v) is 5.72. The van der Waals surface area contributed by atoms with Gasteiger partial charge in [0.15, 0.2) is 0 Å². The van der Waals surface area contributed by atoms with E-state index in [1.807, 2.05) is 0 Å². The minimum atomic E-state index is 0.348. The van der Waals surface area contributed by atoms with E-state index in [0.717, 1.165) is 31.7 Å². The van der Waals surface area contributed by atoms with Crippen LogP contribution < -0.4 is 0 Å². The molecular formula is C12H24O2. The van der Waals surface area contributed by atoms with Crippen molar-refractivity contribution < 1.29 is 9.53 Å². The molecule has 0 aromatic heterocycles. The van der Waals surface area contributed by atoms with Crippen molar-refractivity contribution in [3.63, 3.8) is 0 Å². The molecule has 0 aromatic carbocycles. The number of aldehydes is 1. The molecule has 1 unspecified atom stereocenters. The van der Waals surface area contributed by atoms with Crippen LogP contribution in [0.5, 0.6) is 0 Å². The van der Waals surface area contributed by atoms with Crippen molar-refractivity contribution in [2.75, 3.05) is 6.61 Å². The van der Waals surface area contributed by atoms with Crippen LogP contribution in [0.4, 0.5) is 0 Å². The second-order valence-corrected chi connectivity index (χ2v) is 4.32. The maximum absolute atomic E-state index is 10.0. The van der Waals surface area contributed by atoms with Crippen LogP contribution >= 0.6 is 0 Å². The van der Waals surface area contributed by atoms with Crippen LogP contribution in [-0.2, 0) is 9.53 Å². The number of ether oxygens (including phenoxy) is 1. The Hall–Kier alpha value is -0.370. The van der Waals surface area contributed by atoms with E-state index in [1.165, 1.54) is 12.8 Å². The zero-order valence-corrected chi connectivity index (χ0v) is 9.79. The molecule has 0 spiro atoms. The molecule has 2 heteroatoms. The molecule has 0 heterocycles. The largest absolute Gasteiger partial charge is 0.378 e. The normalized spacial score (nSPS) is 13.1. The molecule has 0 fully saturated rings. The van der Waals surface area contributed by atoms with Gasteiger partial charge in [-0.15, -0.1) is 0 Å². The van der Waals surface area contributed by atoms with Gasteiger partial charge in [0.05, 0.1) is 6.10 Å². The number of carbonyl (C=O) groups is 1. The van der Waals surface area contributed by atoms with Crippen LogP contribution in [0, 0.1) is 5.92 Å². The van der Waals surface area contributed by atoms with Crippen molar-refractivity contribution in [3.8, 4) is 0 Å². The molecule has 0 saturated carbocycles. The lowest BCUT2D eigenvalue weighted by molar-refractivity contribution is -0.108. The molecule has 1 atom stereocenters. The first kappa shape index (κ1) is 13.6. The average molecular weight is 200 g/mol. The molecular weight excluding hydrogens is 176 g/mol. The van der Waals surface area contributed by atoms with Gasteiger partial charge in [-0.05, 0) is 25.7 Å². The summed E-state index contributed by atoms with van der Waals surface area (Å²) >= 11 is 0.